The topological polar surface area (TPSA) is 56.5 Å². The molecule has 0 spiro atoms. The molecule has 2 aromatic carbocycles. The summed E-state index contributed by atoms with van der Waals surface area (Å²) in [5.74, 6) is -0.0795. The van der Waals surface area contributed by atoms with Crippen molar-refractivity contribution in [1.82, 2.24) is 0 Å². The van der Waals surface area contributed by atoms with Crippen LogP contribution in [-0.4, -0.2) is 5.97 Å². The lowest BCUT2D eigenvalue weighted by atomic mass is 10.1. The van der Waals surface area contributed by atoms with E-state index in [1.165, 1.54) is 19.1 Å². The molecule has 3 rings (SSSR count). The van der Waals surface area contributed by atoms with Crippen LogP contribution in [0.5, 0.6) is 5.75 Å². The predicted octanol–water partition coefficient (Wildman–Crippen LogP) is 3.89. The van der Waals surface area contributed by atoms with E-state index in [2.05, 4.69) is 0 Å². The minimum absolute atomic E-state index is 0.345. The zero-order valence-electron chi connectivity index (χ0n) is 12.5. The van der Waals surface area contributed by atoms with Gasteiger partial charge in [0.1, 0.15) is 11.3 Å². The Morgan fingerprint density at radius 2 is 1.83 bits per heavy atom. The fourth-order valence-corrected chi connectivity index (χ4v) is 2.29. The molecule has 0 radical (unpaired) electrons. The molecule has 0 saturated heterocycles. The first-order valence-corrected chi connectivity index (χ1v) is 7.11. The van der Waals surface area contributed by atoms with E-state index in [4.69, 9.17) is 9.15 Å². The van der Waals surface area contributed by atoms with Crippen molar-refractivity contribution in [2.75, 3.05) is 0 Å². The van der Waals surface area contributed by atoms with E-state index in [-0.39, 0.29) is 0 Å². The lowest BCUT2D eigenvalue weighted by Crippen LogP contribution is -2.02. The Labute approximate surface area is 132 Å². The van der Waals surface area contributed by atoms with E-state index in [9.17, 15) is 9.59 Å². The summed E-state index contributed by atoms with van der Waals surface area (Å²) in [4.78, 5) is 22.8. The van der Waals surface area contributed by atoms with E-state index in [0.29, 0.717) is 11.3 Å². The molecule has 0 atom stereocenters. The highest BCUT2D eigenvalue weighted by Crippen LogP contribution is 2.24. The van der Waals surface area contributed by atoms with Crippen LogP contribution < -0.4 is 10.4 Å². The van der Waals surface area contributed by atoms with E-state index in [1.54, 1.807) is 12.1 Å². The first kappa shape index (κ1) is 14.8. The van der Waals surface area contributed by atoms with Gasteiger partial charge in [-0.05, 0) is 23.3 Å². The van der Waals surface area contributed by atoms with E-state index in [0.717, 1.165) is 16.5 Å². The van der Waals surface area contributed by atoms with Crippen molar-refractivity contribution in [3.8, 4) is 5.75 Å². The number of esters is 1. The highest BCUT2D eigenvalue weighted by molar-refractivity contribution is 5.90. The van der Waals surface area contributed by atoms with E-state index < -0.39 is 11.6 Å². The molecule has 0 aliphatic carbocycles. The summed E-state index contributed by atoms with van der Waals surface area (Å²) in [5, 5.41) is 0.771. The number of hydrogen-bond donors (Lipinski definition) is 0. The third-order valence-electron chi connectivity index (χ3n) is 3.26. The first-order chi connectivity index (χ1) is 11.1. The maximum absolute atomic E-state index is 11.7. The van der Waals surface area contributed by atoms with E-state index >= 15 is 0 Å². The summed E-state index contributed by atoms with van der Waals surface area (Å²) < 4.78 is 10.2. The Bertz CT molecular complexity index is 936. The number of carbonyl (C=O) groups is 1. The number of fused-ring (bicyclic) bond motifs is 1. The zero-order valence-corrected chi connectivity index (χ0v) is 12.5. The minimum atomic E-state index is -0.454. The molecular formula is C19H14O4. The number of rotatable bonds is 3. The van der Waals surface area contributed by atoms with Gasteiger partial charge in [0.2, 0.25) is 0 Å². The molecule has 0 amide bonds. The van der Waals surface area contributed by atoms with Crippen molar-refractivity contribution in [3.63, 3.8) is 0 Å². The Morgan fingerprint density at radius 3 is 2.57 bits per heavy atom. The normalized spacial score (nSPS) is 11.0. The summed E-state index contributed by atoms with van der Waals surface area (Å²) in [7, 11) is 0. The highest BCUT2D eigenvalue weighted by atomic mass is 16.5. The third kappa shape index (κ3) is 3.55. The molecule has 0 unspecified atom stereocenters. The van der Waals surface area contributed by atoms with Crippen molar-refractivity contribution in [3.05, 3.63) is 76.1 Å². The maximum Gasteiger partial charge on any atom is 0.336 e. The number of carbonyl (C=O) groups excluding carboxylic acids is 1. The van der Waals surface area contributed by atoms with Crippen LogP contribution in [0.4, 0.5) is 0 Å². The second-order valence-electron chi connectivity index (χ2n) is 5.02. The molecule has 4 nitrogen and oxygen atoms in total. The summed E-state index contributed by atoms with van der Waals surface area (Å²) >= 11 is 0. The van der Waals surface area contributed by atoms with Gasteiger partial charge < -0.3 is 9.15 Å². The predicted molar refractivity (Wildman–Crippen MR) is 89.2 cm³/mol. The standard InChI is InChI=1S/C19H14O4/c1-13(20)22-16-9-10-17-15(11-19(21)23-18(17)12-16)8-7-14-5-3-2-4-6-14/h2-12H,1H3/b8-7+. The van der Waals surface area contributed by atoms with Gasteiger partial charge in [0, 0.05) is 24.4 Å². The largest absolute Gasteiger partial charge is 0.427 e. The molecule has 1 aromatic heterocycles. The van der Waals surface area contributed by atoms with Gasteiger partial charge in [-0.2, -0.15) is 0 Å². The first-order valence-electron chi connectivity index (χ1n) is 7.11. The SMILES string of the molecule is CC(=O)Oc1ccc2c(/C=C/c3ccccc3)cc(=O)oc2c1. The van der Waals surface area contributed by atoms with E-state index in [1.807, 2.05) is 42.5 Å². The van der Waals surface area contributed by atoms with Crippen LogP contribution >= 0.6 is 0 Å². The van der Waals surface area contributed by atoms with Gasteiger partial charge in [0.15, 0.2) is 0 Å². The van der Waals surface area contributed by atoms with Crippen LogP contribution in [0.3, 0.4) is 0 Å². The molecule has 0 bridgehead atoms. The van der Waals surface area contributed by atoms with Crippen LogP contribution in [0, 0.1) is 0 Å². The summed E-state index contributed by atoms with van der Waals surface area (Å²) in [6, 6.07) is 16.2. The second-order valence-corrected chi connectivity index (χ2v) is 5.02. The molecule has 0 aliphatic rings. The van der Waals surface area contributed by atoms with Gasteiger partial charge in [-0.25, -0.2) is 4.79 Å². The smallest absolute Gasteiger partial charge is 0.336 e. The lowest BCUT2D eigenvalue weighted by molar-refractivity contribution is -0.131. The highest BCUT2D eigenvalue weighted by Gasteiger charge is 2.06. The molecule has 23 heavy (non-hydrogen) atoms. The van der Waals surface area contributed by atoms with Crippen molar-refractivity contribution < 1.29 is 13.9 Å². The van der Waals surface area contributed by atoms with Gasteiger partial charge >= 0.3 is 11.6 Å². The molecule has 1 heterocycles. The van der Waals surface area contributed by atoms with Gasteiger partial charge in [0.25, 0.3) is 0 Å². The average Bonchev–Trinajstić information content (AvgIpc) is 2.52. The summed E-state index contributed by atoms with van der Waals surface area (Å²) in [6.07, 6.45) is 3.79. The second kappa shape index (κ2) is 6.32. The van der Waals surface area contributed by atoms with Crippen molar-refractivity contribution >= 4 is 29.1 Å². The molecule has 0 aliphatic heterocycles. The van der Waals surface area contributed by atoms with Gasteiger partial charge in [0.05, 0.1) is 0 Å². The monoisotopic (exact) mass is 306 g/mol. The van der Waals surface area contributed by atoms with Crippen LogP contribution in [-0.2, 0) is 4.79 Å². The zero-order chi connectivity index (χ0) is 16.2. The van der Waals surface area contributed by atoms with Crippen LogP contribution in [0.2, 0.25) is 0 Å². The molecule has 4 heteroatoms. The Balaban J connectivity index is 2.05. The average molecular weight is 306 g/mol. The fraction of sp³-hybridized carbons (Fsp3) is 0.0526. The molecule has 0 saturated carbocycles. The van der Waals surface area contributed by atoms with Crippen LogP contribution in [0.1, 0.15) is 18.1 Å². The van der Waals surface area contributed by atoms with Gasteiger partial charge in [-0.3, -0.25) is 4.79 Å². The van der Waals surface area contributed by atoms with Crippen molar-refractivity contribution in [2.45, 2.75) is 6.92 Å². The molecule has 0 N–H and O–H groups in total. The minimum Gasteiger partial charge on any atom is -0.427 e. The summed E-state index contributed by atoms with van der Waals surface area (Å²) in [6.45, 7) is 1.32. The Morgan fingerprint density at radius 1 is 1.04 bits per heavy atom. The third-order valence-corrected chi connectivity index (χ3v) is 3.26. The van der Waals surface area contributed by atoms with Gasteiger partial charge in [-0.15, -0.1) is 0 Å². The quantitative estimate of drug-likeness (QED) is 0.418. The molecular weight excluding hydrogens is 292 g/mol. The van der Waals surface area contributed by atoms with Gasteiger partial charge in [-0.1, -0.05) is 42.5 Å². The number of ether oxygens (including phenoxy) is 1. The Kier molecular flexibility index (Phi) is 4.06. The molecule has 3 aromatic rings. The van der Waals surface area contributed by atoms with Crippen LogP contribution in [0.25, 0.3) is 23.1 Å². The number of hydrogen-bond acceptors (Lipinski definition) is 4. The molecule has 114 valence electrons. The lowest BCUT2D eigenvalue weighted by Gasteiger charge is -2.04. The maximum atomic E-state index is 11.7. The van der Waals surface area contributed by atoms with Crippen LogP contribution in [0.15, 0.2) is 63.8 Å². The van der Waals surface area contributed by atoms with Crippen molar-refractivity contribution in [1.29, 1.82) is 0 Å². The number of benzene rings is 2. The fourth-order valence-electron chi connectivity index (χ4n) is 2.29. The Hall–Kier alpha value is -3.14. The van der Waals surface area contributed by atoms with Crippen molar-refractivity contribution in [2.24, 2.45) is 0 Å². The summed E-state index contributed by atoms with van der Waals surface area (Å²) in [5.41, 5.74) is 1.70. The molecule has 0 fully saturated rings.